The van der Waals surface area contributed by atoms with Crippen molar-refractivity contribution in [3.63, 3.8) is 0 Å². The molecule has 0 N–H and O–H groups in total. The fraction of sp³-hybridized carbons (Fsp3) is 0.323. The predicted octanol–water partition coefficient (Wildman–Crippen LogP) is 4.36. The Morgan fingerprint density at radius 1 is 0.976 bits per heavy atom. The molecule has 11 heteroatoms. The van der Waals surface area contributed by atoms with Crippen molar-refractivity contribution < 1.29 is 22.7 Å². The highest BCUT2D eigenvalue weighted by Crippen LogP contribution is 2.28. The molecule has 3 heterocycles. The fourth-order valence-electron chi connectivity index (χ4n) is 5.26. The molecule has 5 rings (SSSR count). The number of carbonyl (C=O) groups excluding carboxylic acids is 2. The standard InChI is InChI=1S/C31H33N5O5S/c1-4-11-24-26(31(38)41-5-2)28(34-29(33-24)23-12-7-6-8-13-23)30(37)35-18-19-36(21(3)20-35)42(39,40)25-16-9-14-22-15-10-17-32-27(22)25/h6-10,12-17,21H,4-5,11,18-20H2,1-3H3. The summed E-state index contributed by atoms with van der Waals surface area (Å²) in [6.07, 6.45) is 2.72. The maximum atomic E-state index is 14.1. The summed E-state index contributed by atoms with van der Waals surface area (Å²) >= 11 is 0. The minimum absolute atomic E-state index is 0.0347. The Kier molecular flexibility index (Phi) is 8.60. The molecule has 1 aliphatic rings. The molecule has 0 aliphatic carbocycles. The van der Waals surface area contributed by atoms with E-state index in [2.05, 4.69) is 15.0 Å². The molecule has 1 amide bonds. The van der Waals surface area contributed by atoms with E-state index in [-0.39, 0.29) is 42.4 Å². The number of piperazine rings is 1. The van der Waals surface area contributed by atoms with E-state index in [1.165, 1.54) is 4.31 Å². The Labute approximate surface area is 245 Å². The number of rotatable bonds is 8. The number of esters is 1. The summed E-state index contributed by atoms with van der Waals surface area (Å²) in [6, 6.07) is 17.4. The van der Waals surface area contributed by atoms with Crippen molar-refractivity contribution in [1.29, 1.82) is 0 Å². The fourth-order valence-corrected chi connectivity index (χ4v) is 7.04. The van der Waals surface area contributed by atoms with Crippen LogP contribution in [0, 0.1) is 0 Å². The van der Waals surface area contributed by atoms with Crippen LogP contribution in [0.15, 0.2) is 71.8 Å². The number of hydrogen-bond acceptors (Lipinski definition) is 8. The van der Waals surface area contributed by atoms with E-state index in [4.69, 9.17) is 4.74 Å². The Hall–Kier alpha value is -4.22. The summed E-state index contributed by atoms with van der Waals surface area (Å²) in [5.41, 5.74) is 1.60. The molecule has 10 nitrogen and oxygen atoms in total. The lowest BCUT2D eigenvalue weighted by molar-refractivity contribution is 0.0508. The number of nitrogens with zero attached hydrogens (tertiary/aromatic N) is 5. The van der Waals surface area contributed by atoms with Gasteiger partial charge in [-0.1, -0.05) is 61.9 Å². The molecule has 0 bridgehead atoms. The second-order valence-electron chi connectivity index (χ2n) is 10.1. The number of pyridine rings is 1. The third-order valence-corrected chi connectivity index (χ3v) is 9.27. The van der Waals surface area contributed by atoms with E-state index in [1.807, 2.05) is 49.4 Å². The summed E-state index contributed by atoms with van der Waals surface area (Å²) in [7, 11) is -3.90. The summed E-state index contributed by atoms with van der Waals surface area (Å²) in [5.74, 6) is -0.777. The van der Waals surface area contributed by atoms with Crippen molar-refractivity contribution in [2.75, 3.05) is 26.2 Å². The van der Waals surface area contributed by atoms with E-state index >= 15 is 0 Å². The van der Waals surface area contributed by atoms with E-state index in [0.29, 0.717) is 35.4 Å². The van der Waals surface area contributed by atoms with Gasteiger partial charge in [-0.05, 0) is 32.4 Å². The quantitative estimate of drug-likeness (QED) is 0.279. The minimum atomic E-state index is -3.90. The highest BCUT2D eigenvalue weighted by molar-refractivity contribution is 7.89. The molecule has 1 fully saturated rings. The van der Waals surface area contributed by atoms with Crippen molar-refractivity contribution in [1.82, 2.24) is 24.2 Å². The second-order valence-corrected chi connectivity index (χ2v) is 12.0. The molecule has 42 heavy (non-hydrogen) atoms. The topological polar surface area (TPSA) is 123 Å². The van der Waals surface area contributed by atoms with Gasteiger partial charge in [0.05, 0.1) is 17.8 Å². The maximum absolute atomic E-state index is 14.1. The molecule has 1 saturated heterocycles. The van der Waals surface area contributed by atoms with Gasteiger partial charge in [0.2, 0.25) is 10.0 Å². The molecule has 218 valence electrons. The van der Waals surface area contributed by atoms with Gasteiger partial charge in [0.25, 0.3) is 5.91 Å². The molecule has 2 aromatic heterocycles. The lowest BCUT2D eigenvalue weighted by Crippen LogP contribution is -2.55. The first-order valence-corrected chi connectivity index (χ1v) is 15.5. The molecule has 1 aliphatic heterocycles. The second kappa shape index (κ2) is 12.3. The number of aromatic nitrogens is 3. The molecule has 0 saturated carbocycles. The Balaban J connectivity index is 1.49. The van der Waals surface area contributed by atoms with Crippen LogP contribution in [0.2, 0.25) is 0 Å². The number of carbonyl (C=O) groups is 2. The zero-order valence-corrected chi connectivity index (χ0v) is 24.7. The van der Waals surface area contributed by atoms with Crippen LogP contribution in [0.1, 0.15) is 53.7 Å². The summed E-state index contributed by atoms with van der Waals surface area (Å²) < 4.78 is 34.3. The first-order valence-electron chi connectivity index (χ1n) is 14.0. The minimum Gasteiger partial charge on any atom is -0.462 e. The van der Waals surface area contributed by atoms with Gasteiger partial charge in [-0.15, -0.1) is 0 Å². The third-order valence-electron chi connectivity index (χ3n) is 7.22. The van der Waals surface area contributed by atoms with Crippen LogP contribution >= 0.6 is 0 Å². The number of fused-ring (bicyclic) bond motifs is 1. The lowest BCUT2D eigenvalue weighted by Gasteiger charge is -2.39. The number of benzene rings is 2. The number of hydrogen-bond donors (Lipinski definition) is 0. The molecular weight excluding hydrogens is 554 g/mol. The zero-order chi connectivity index (χ0) is 29.9. The van der Waals surface area contributed by atoms with Crippen LogP contribution in [0.25, 0.3) is 22.3 Å². The summed E-state index contributed by atoms with van der Waals surface area (Å²) in [5, 5.41) is 0.729. The molecule has 2 aromatic carbocycles. The normalized spacial score (nSPS) is 16.0. The van der Waals surface area contributed by atoms with E-state index in [9.17, 15) is 18.0 Å². The number of amides is 1. The van der Waals surface area contributed by atoms with Crippen molar-refractivity contribution in [3.8, 4) is 11.4 Å². The number of sulfonamides is 1. The number of ether oxygens (including phenoxy) is 1. The third kappa shape index (κ3) is 5.62. The van der Waals surface area contributed by atoms with Crippen molar-refractivity contribution in [2.45, 2.75) is 44.6 Å². The number of aryl methyl sites for hydroxylation is 1. The monoisotopic (exact) mass is 587 g/mol. The summed E-state index contributed by atoms with van der Waals surface area (Å²) in [4.78, 5) is 42.5. The van der Waals surface area contributed by atoms with Crippen LogP contribution in [-0.2, 0) is 21.2 Å². The van der Waals surface area contributed by atoms with Crippen molar-refractivity contribution in [3.05, 3.63) is 83.8 Å². The highest BCUT2D eigenvalue weighted by Gasteiger charge is 2.38. The van der Waals surface area contributed by atoms with Crippen molar-refractivity contribution in [2.24, 2.45) is 0 Å². The van der Waals surface area contributed by atoms with Gasteiger partial charge < -0.3 is 9.64 Å². The molecule has 0 spiro atoms. The van der Waals surface area contributed by atoms with Crippen LogP contribution in [-0.4, -0.2) is 76.7 Å². The molecule has 0 radical (unpaired) electrons. The SMILES string of the molecule is CCCc1nc(-c2ccccc2)nc(C(=O)N2CCN(S(=O)(=O)c3cccc4cccnc34)C(C)C2)c1C(=O)OCC. The van der Waals surface area contributed by atoms with Gasteiger partial charge in [-0.25, -0.2) is 23.2 Å². The average molecular weight is 588 g/mol. The zero-order valence-electron chi connectivity index (χ0n) is 23.9. The summed E-state index contributed by atoms with van der Waals surface area (Å²) in [6.45, 7) is 5.88. The molecule has 1 atom stereocenters. The highest BCUT2D eigenvalue weighted by atomic mass is 32.2. The average Bonchev–Trinajstić information content (AvgIpc) is 3.00. The van der Waals surface area contributed by atoms with Crippen LogP contribution in [0.3, 0.4) is 0 Å². The largest absolute Gasteiger partial charge is 0.462 e. The maximum Gasteiger partial charge on any atom is 0.342 e. The van der Waals surface area contributed by atoms with Gasteiger partial charge in [0.1, 0.15) is 16.2 Å². The van der Waals surface area contributed by atoms with Gasteiger partial charge in [0, 0.05) is 42.8 Å². The Morgan fingerprint density at radius 3 is 2.45 bits per heavy atom. The van der Waals surface area contributed by atoms with Gasteiger partial charge in [0.15, 0.2) is 5.82 Å². The van der Waals surface area contributed by atoms with Crippen molar-refractivity contribution >= 4 is 32.8 Å². The Bertz CT molecular complexity index is 1720. The van der Waals surface area contributed by atoms with E-state index in [0.717, 1.165) is 5.39 Å². The van der Waals surface area contributed by atoms with Gasteiger partial charge >= 0.3 is 5.97 Å². The first-order chi connectivity index (χ1) is 20.3. The van der Waals surface area contributed by atoms with Crippen LogP contribution < -0.4 is 0 Å². The predicted molar refractivity (Wildman–Crippen MR) is 158 cm³/mol. The van der Waals surface area contributed by atoms with Crippen LogP contribution in [0.4, 0.5) is 0 Å². The van der Waals surface area contributed by atoms with Gasteiger partial charge in [-0.2, -0.15) is 4.31 Å². The Morgan fingerprint density at radius 2 is 1.74 bits per heavy atom. The number of para-hydroxylation sites is 1. The molecular formula is C31H33N5O5S. The molecule has 4 aromatic rings. The van der Waals surface area contributed by atoms with Crippen LogP contribution in [0.5, 0.6) is 0 Å². The van der Waals surface area contributed by atoms with E-state index < -0.39 is 27.9 Å². The smallest absolute Gasteiger partial charge is 0.342 e. The molecule has 1 unspecified atom stereocenters. The van der Waals surface area contributed by atoms with Gasteiger partial charge in [-0.3, -0.25) is 9.78 Å². The first kappa shape index (κ1) is 29.3. The lowest BCUT2D eigenvalue weighted by atomic mass is 10.0. The van der Waals surface area contributed by atoms with E-state index in [1.54, 1.807) is 43.1 Å².